The Bertz CT molecular complexity index is 251. The normalized spacial score (nSPS) is 38.0. The van der Waals surface area contributed by atoms with Crippen molar-refractivity contribution in [1.29, 1.82) is 0 Å². The summed E-state index contributed by atoms with van der Waals surface area (Å²) in [5, 5.41) is 9.73. The van der Waals surface area contributed by atoms with Crippen LogP contribution in [0.2, 0.25) is 0 Å². The van der Waals surface area contributed by atoms with Gasteiger partial charge in [-0.25, -0.2) is 0 Å². The first-order chi connectivity index (χ1) is 8.65. The largest absolute Gasteiger partial charge is 0.396 e. The highest BCUT2D eigenvalue weighted by Crippen LogP contribution is 2.32. The van der Waals surface area contributed by atoms with E-state index in [0.717, 1.165) is 38.5 Å². The maximum Gasteiger partial charge on any atom is 0.0556 e. The smallest absolute Gasteiger partial charge is 0.0556 e. The Morgan fingerprint density at radius 1 is 1.33 bits per heavy atom. The minimum absolute atomic E-state index is 0.00626. The minimum Gasteiger partial charge on any atom is -0.396 e. The van der Waals surface area contributed by atoms with E-state index in [2.05, 4.69) is 18.9 Å². The van der Waals surface area contributed by atoms with E-state index in [1.54, 1.807) is 0 Å². The fourth-order valence-corrected chi connectivity index (χ4v) is 3.67. The van der Waals surface area contributed by atoms with Crippen molar-refractivity contribution in [3.05, 3.63) is 0 Å². The molecule has 1 aliphatic heterocycles. The molecule has 0 spiro atoms. The highest BCUT2D eigenvalue weighted by molar-refractivity contribution is 4.87. The molecule has 2 aliphatic rings. The van der Waals surface area contributed by atoms with E-state index in [1.165, 1.54) is 25.7 Å². The van der Waals surface area contributed by atoms with Crippen molar-refractivity contribution >= 4 is 0 Å². The SMILES string of the molecule is CC1CCCC(N(C)CC2(CO)CCCOC2)C1. The molecule has 3 heteroatoms. The number of hydrogen-bond donors (Lipinski definition) is 1. The van der Waals surface area contributed by atoms with Gasteiger partial charge in [-0.2, -0.15) is 0 Å². The Balaban J connectivity index is 1.89. The van der Waals surface area contributed by atoms with Gasteiger partial charge in [-0.05, 0) is 38.6 Å². The summed E-state index contributed by atoms with van der Waals surface area (Å²) in [5.41, 5.74) is -0.00626. The van der Waals surface area contributed by atoms with Crippen molar-refractivity contribution < 1.29 is 9.84 Å². The first-order valence-electron chi connectivity index (χ1n) is 7.54. The lowest BCUT2D eigenvalue weighted by atomic mass is 9.81. The Morgan fingerprint density at radius 3 is 2.78 bits per heavy atom. The number of rotatable bonds is 4. The second-order valence-corrected chi connectivity index (χ2v) is 6.65. The molecule has 0 bridgehead atoms. The van der Waals surface area contributed by atoms with Crippen molar-refractivity contribution in [2.24, 2.45) is 11.3 Å². The zero-order valence-electron chi connectivity index (χ0n) is 12.0. The molecule has 1 aliphatic carbocycles. The Hall–Kier alpha value is -0.120. The molecular formula is C15H29NO2. The van der Waals surface area contributed by atoms with E-state index >= 15 is 0 Å². The molecule has 3 nitrogen and oxygen atoms in total. The summed E-state index contributed by atoms with van der Waals surface area (Å²) in [6.45, 7) is 5.22. The number of aliphatic hydroxyl groups is 1. The standard InChI is InChI=1S/C15H29NO2/c1-13-5-3-6-14(9-13)16(2)10-15(11-17)7-4-8-18-12-15/h13-14,17H,3-12H2,1-2H3. The molecule has 0 aromatic heterocycles. The van der Waals surface area contributed by atoms with Crippen molar-refractivity contribution in [2.75, 3.05) is 33.4 Å². The zero-order valence-corrected chi connectivity index (χ0v) is 12.0. The Labute approximate surface area is 112 Å². The molecule has 2 rings (SSSR count). The quantitative estimate of drug-likeness (QED) is 0.836. The van der Waals surface area contributed by atoms with E-state index < -0.39 is 0 Å². The maximum atomic E-state index is 9.73. The van der Waals surface area contributed by atoms with Crippen LogP contribution in [0.25, 0.3) is 0 Å². The molecule has 0 aromatic carbocycles. The van der Waals surface area contributed by atoms with Crippen LogP contribution in [0.3, 0.4) is 0 Å². The van der Waals surface area contributed by atoms with Gasteiger partial charge in [0.1, 0.15) is 0 Å². The van der Waals surface area contributed by atoms with Gasteiger partial charge >= 0.3 is 0 Å². The second-order valence-electron chi connectivity index (χ2n) is 6.65. The van der Waals surface area contributed by atoms with Gasteiger partial charge in [0.05, 0.1) is 13.2 Å². The third-order valence-electron chi connectivity index (χ3n) is 4.86. The number of aliphatic hydroxyl groups excluding tert-OH is 1. The van der Waals surface area contributed by atoms with Crippen LogP contribution in [0.15, 0.2) is 0 Å². The lowest BCUT2D eigenvalue weighted by molar-refractivity contribution is -0.0596. The van der Waals surface area contributed by atoms with E-state index in [0.29, 0.717) is 6.04 Å². The van der Waals surface area contributed by atoms with Crippen LogP contribution in [-0.4, -0.2) is 49.5 Å². The fourth-order valence-electron chi connectivity index (χ4n) is 3.67. The maximum absolute atomic E-state index is 9.73. The summed E-state index contributed by atoms with van der Waals surface area (Å²) in [5.74, 6) is 0.860. The van der Waals surface area contributed by atoms with Gasteiger partial charge in [-0.1, -0.05) is 19.8 Å². The van der Waals surface area contributed by atoms with Gasteiger partial charge in [-0.3, -0.25) is 0 Å². The molecule has 0 radical (unpaired) electrons. The fraction of sp³-hybridized carbons (Fsp3) is 1.00. The lowest BCUT2D eigenvalue weighted by Gasteiger charge is -2.42. The van der Waals surface area contributed by atoms with Crippen LogP contribution in [0.5, 0.6) is 0 Å². The van der Waals surface area contributed by atoms with E-state index in [1.807, 2.05) is 0 Å². The van der Waals surface area contributed by atoms with Crippen LogP contribution in [0.1, 0.15) is 45.4 Å². The van der Waals surface area contributed by atoms with Gasteiger partial charge in [-0.15, -0.1) is 0 Å². The molecule has 0 amide bonds. The average Bonchev–Trinajstić information content (AvgIpc) is 2.40. The predicted molar refractivity (Wildman–Crippen MR) is 73.6 cm³/mol. The molecule has 1 N–H and O–H groups in total. The van der Waals surface area contributed by atoms with Gasteiger partial charge < -0.3 is 14.7 Å². The van der Waals surface area contributed by atoms with Crippen LogP contribution in [0, 0.1) is 11.3 Å². The zero-order chi connectivity index (χ0) is 13.0. The van der Waals surface area contributed by atoms with E-state index in [-0.39, 0.29) is 12.0 Å². The van der Waals surface area contributed by atoms with Crippen molar-refractivity contribution in [3.8, 4) is 0 Å². The van der Waals surface area contributed by atoms with Crippen LogP contribution >= 0.6 is 0 Å². The topological polar surface area (TPSA) is 32.7 Å². The summed E-state index contributed by atoms with van der Waals surface area (Å²) < 4.78 is 5.60. The molecular weight excluding hydrogens is 226 g/mol. The third-order valence-corrected chi connectivity index (χ3v) is 4.86. The summed E-state index contributed by atoms with van der Waals surface area (Å²) >= 11 is 0. The van der Waals surface area contributed by atoms with E-state index in [4.69, 9.17) is 4.74 Å². The first-order valence-corrected chi connectivity index (χ1v) is 7.54. The van der Waals surface area contributed by atoms with Crippen LogP contribution in [0.4, 0.5) is 0 Å². The molecule has 0 aromatic rings. The molecule has 18 heavy (non-hydrogen) atoms. The number of hydrogen-bond acceptors (Lipinski definition) is 3. The monoisotopic (exact) mass is 255 g/mol. The number of nitrogens with zero attached hydrogens (tertiary/aromatic N) is 1. The van der Waals surface area contributed by atoms with Crippen LogP contribution in [-0.2, 0) is 4.74 Å². The second kappa shape index (κ2) is 6.36. The van der Waals surface area contributed by atoms with Gasteiger partial charge in [0.25, 0.3) is 0 Å². The lowest BCUT2D eigenvalue weighted by Crippen LogP contribution is -2.48. The molecule has 3 atom stereocenters. The number of ether oxygens (including phenoxy) is 1. The third kappa shape index (κ3) is 3.46. The summed E-state index contributed by atoms with van der Waals surface area (Å²) in [6, 6.07) is 0.708. The van der Waals surface area contributed by atoms with Gasteiger partial charge in [0.15, 0.2) is 0 Å². The molecule has 106 valence electrons. The van der Waals surface area contributed by atoms with E-state index in [9.17, 15) is 5.11 Å². The van der Waals surface area contributed by atoms with Crippen molar-refractivity contribution in [1.82, 2.24) is 4.90 Å². The Morgan fingerprint density at radius 2 is 2.17 bits per heavy atom. The minimum atomic E-state index is -0.00626. The molecule has 3 unspecified atom stereocenters. The average molecular weight is 255 g/mol. The molecule has 1 saturated carbocycles. The first kappa shape index (κ1) is 14.3. The molecule has 1 saturated heterocycles. The summed E-state index contributed by atoms with van der Waals surface area (Å²) in [4.78, 5) is 2.49. The van der Waals surface area contributed by atoms with Crippen molar-refractivity contribution in [2.45, 2.75) is 51.5 Å². The molecule has 2 fully saturated rings. The van der Waals surface area contributed by atoms with Crippen molar-refractivity contribution in [3.63, 3.8) is 0 Å². The molecule has 1 heterocycles. The van der Waals surface area contributed by atoms with Gasteiger partial charge in [0, 0.05) is 24.6 Å². The Kier molecular flexibility index (Phi) is 5.05. The predicted octanol–water partition coefficient (Wildman–Crippen LogP) is 2.29. The van der Waals surface area contributed by atoms with Gasteiger partial charge in [0.2, 0.25) is 0 Å². The highest BCUT2D eigenvalue weighted by atomic mass is 16.5. The summed E-state index contributed by atoms with van der Waals surface area (Å²) in [7, 11) is 2.23. The van der Waals surface area contributed by atoms with Crippen LogP contribution < -0.4 is 0 Å². The highest BCUT2D eigenvalue weighted by Gasteiger charge is 2.35. The summed E-state index contributed by atoms with van der Waals surface area (Å²) in [6.07, 6.45) is 7.59.